The maximum absolute atomic E-state index is 13.8. The van der Waals surface area contributed by atoms with Crippen molar-refractivity contribution in [2.75, 3.05) is 6.54 Å². The van der Waals surface area contributed by atoms with Crippen molar-refractivity contribution in [2.24, 2.45) is 5.41 Å². The average molecular weight is 643 g/mol. The van der Waals surface area contributed by atoms with Gasteiger partial charge in [-0.1, -0.05) is 72.9 Å². The molecular formula is C25H19Cl3F9NO2. The van der Waals surface area contributed by atoms with Crippen molar-refractivity contribution in [3.63, 3.8) is 0 Å². The van der Waals surface area contributed by atoms with Crippen LogP contribution in [0.2, 0.25) is 15.1 Å². The van der Waals surface area contributed by atoms with Crippen LogP contribution in [0.15, 0.2) is 36.4 Å². The standard InChI is InChI=1S/C25H19Cl3F9NO2/c1-22(2,21(40)38-11-23(29,30)31)10-19(39)14-5-3-12(7-16(14)25(35,36)37)4-6-15(24(32,33)34)13-8-17(26)20(28)18(27)9-13/h3-9,15H,10-11H2,1-2H3,(H,38,40)/b6-4+. The quantitative estimate of drug-likeness (QED) is 0.177. The highest BCUT2D eigenvalue weighted by atomic mass is 35.5. The zero-order chi connectivity index (χ0) is 30.8. The number of hydrogen-bond donors (Lipinski definition) is 1. The molecule has 40 heavy (non-hydrogen) atoms. The molecule has 2 aromatic carbocycles. The van der Waals surface area contributed by atoms with Crippen LogP contribution in [-0.4, -0.2) is 30.6 Å². The number of nitrogens with one attached hydrogen (secondary N) is 1. The zero-order valence-corrected chi connectivity index (χ0v) is 22.7. The summed E-state index contributed by atoms with van der Waals surface area (Å²) in [5, 5.41) is 0.838. The fraction of sp³-hybridized carbons (Fsp3) is 0.360. The van der Waals surface area contributed by atoms with E-state index in [1.807, 2.05) is 0 Å². The summed E-state index contributed by atoms with van der Waals surface area (Å²) >= 11 is 17.4. The van der Waals surface area contributed by atoms with E-state index in [9.17, 15) is 49.1 Å². The Morgan fingerprint density at radius 2 is 1.45 bits per heavy atom. The van der Waals surface area contributed by atoms with Crippen molar-refractivity contribution in [2.45, 2.75) is 44.7 Å². The van der Waals surface area contributed by atoms with Gasteiger partial charge < -0.3 is 5.32 Å². The van der Waals surface area contributed by atoms with Crippen molar-refractivity contribution in [3.8, 4) is 0 Å². The lowest BCUT2D eigenvalue weighted by atomic mass is 9.83. The summed E-state index contributed by atoms with van der Waals surface area (Å²) in [6, 6.07) is 3.93. The Labute approximate surface area is 237 Å². The van der Waals surface area contributed by atoms with Gasteiger partial charge in [0.25, 0.3) is 0 Å². The third-order valence-electron chi connectivity index (χ3n) is 5.52. The smallest absolute Gasteiger partial charge is 0.347 e. The predicted molar refractivity (Wildman–Crippen MR) is 133 cm³/mol. The molecule has 0 spiro atoms. The minimum Gasteiger partial charge on any atom is -0.347 e. The van der Waals surface area contributed by atoms with Crippen LogP contribution >= 0.6 is 34.8 Å². The number of Topliss-reactive ketones (excluding diaryl/α,β-unsaturated/α-hetero) is 1. The Kier molecular flexibility index (Phi) is 10.3. The van der Waals surface area contributed by atoms with Crippen molar-refractivity contribution < 1.29 is 49.1 Å². The van der Waals surface area contributed by atoms with Crippen molar-refractivity contribution in [3.05, 3.63) is 73.7 Å². The van der Waals surface area contributed by atoms with Crippen molar-refractivity contribution in [1.29, 1.82) is 0 Å². The van der Waals surface area contributed by atoms with E-state index < -0.39 is 71.2 Å². The highest BCUT2D eigenvalue weighted by molar-refractivity contribution is 6.48. The second-order valence-corrected chi connectivity index (χ2v) is 10.5. The SMILES string of the molecule is CC(C)(CC(=O)c1ccc(/C=C/C(c2cc(Cl)c(Cl)c(Cl)c2)C(F)(F)F)cc1C(F)(F)F)C(=O)NCC(F)(F)F. The van der Waals surface area contributed by atoms with Crippen LogP contribution < -0.4 is 5.32 Å². The third kappa shape index (κ3) is 9.04. The summed E-state index contributed by atoms with van der Waals surface area (Å²) in [5.41, 5.74) is -5.02. The van der Waals surface area contributed by atoms with Gasteiger partial charge in [0.05, 0.1) is 32.0 Å². The molecule has 0 aromatic heterocycles. The van der Waals surface area contributed by atoms with Crippen LogP contribution in [0.3, 0.4) is 0 Å². The minimum absolute atomic E-state index is 0.187. The number of carbonyl (C=O) groups excluding carboxylic acids is 2. The number of allylic oxidation sites excluding steroid dienone is 1. The number of amides is 1. The molecule has 2 aromatic rings. The molecule has 0 bridgehead atoms. The van der Waals surface area contributed by atoms with Gasteiger partial charge in [0.1, 0.15) is 6.54 Å². The lowest BCUT2D eigenvalue weighted by Crippen LogP contribution is -2.42. The van der Waals surface area contributed by atoms with Gasteiger partial charge in [0.15, 0.2) is 5.78 Å². The number of halogens is 12. The van der Waals surface area contributed by atoms with E-state index in [-0.39, 0.29) is 20.6 Å². The predicted octanol–water partition coefficient (Wildman–Crippen LogP) is 9.30. The van der Waals surface area contributed by atoms with Crippen molar-refractivity contribution in [1.82, 2.24) is 5.32 Å². The first-order chi connectivity index (χ1) is 18.0. The molecule has 0 radical (unpaired) electrons. The Hall–Kier alpha value is -2.44. The molecule has 1 unspecified atom stereocenters. The van der Waals surface area contributed by atoms with Gasteiger partial charge in [0, 0.05) is 12.0 Å². The van der Waals surface area contributed by atoms with Crippen LogP contribution in [0.25, 0.3) is 6.08 Å². The van der Waals surface area contributed by atoms with Crippen LogP contribution in [0.1, 0.15) is 53.2 Å². The molecule has 0 saturated carbocycles. The Morgan fingerprint density at radius 1 is 0.900 bits per heavy atom. The third-order valence-corrected chi connectivity index (χ3v) is 6.71. The Morgan fingerprint density at radius 3 is 1.93 bits per heavy atom. The molecule has 1 atom stereocenters. The zero-order valence-electron chi connectivity index (χ0n) is 20.4. The highest BCUT2D eigenvalue weighted by Gasteiger charge is 2.41. The van der Waals surface area contributed by atoms with E-state index in [1.165, 1.54) is 0 Å². The molecule has 1 N–H and O–H groups in total. The van der Waals surface area contributed by atoms with E-state index >= 15 is 0 Å². The molecule has 0 saturated heterocycles. The lowest BCUT2D eigenvalue weighted by Gasteiger charge is -2.24. The summed E-state index contributed by atoms with van der Waals surface area (Å²) in [6.07, 6.45) is -14.4. The molecule has 0 aliphatic carbocycles. The van der Waals surface area contributed by atoms with Gasteiger partial charge in [-0.25, -0.2) is 0 Å². The Bertz CT molecular complexity index is 1280. The van der Waals surface area contributed by atoms with E-state index in [4.69, 9.17) is 34.8 Å². The normalized spacial score (nSPS) is 13.9. The second kappa shape index (κ2) is 12.2. The van der Waals surface area contributed by atoms with Crippen LogP contribution in [0, 0.1) is 5.41 Å². The van der Waals surface area contributed by atoms with Crippen molar-refractivity contribution >= 4 is 52.6 Å². The lowest BCUT2D eigenvalue weighted by molar-refractivity contribution is -0.143. The molecule has 1 amide bonds. The summed E-state index contributed by atoms with van der Waals surface area (Å²) in [7, 11) is 0. The first-order valence-corrected chi connectivity index (χ1v) is 12.1. The number of rotatable bonds is 8. The number of hydrogen-bond acceptors (Lipinski definition) is 2. The number of alkyl halides is 9. The summed E-state index contributed by atoms with van der Waals surface area (Å²) in [6.45, 7) is 0.451. The minimum atomic E-state index is -5.14. The van der Waals surface area contributed by atoms with E-state index in [0.717, 1.165) is 38.1 Å². The first-order valence-electron chi connectivity index (χ1n) is 11.0. The summed E-state index contributed by atoms with van der Waals surface area (Å²) in [4.78, 5) is 24.8. The van der Waals surface area contributed by atoms with Gasteiger partial charge in [-0.15, -0.1) is 0 Å². The van der Waals surface area contributed by atoms with Gasteiger partial charge in [-0.2, -0.15) is 39.5 Å². The van der Waals surface area contributed by atoms with Gasteiger partial charge in [-0.05, 0) is 29.3 Å². The number of ketones is 1. The molecule has 0 aliphatic rings. The fourth-order valence-electron chi connectivity index (χ4n) is 3.51. The van der Waals surface area contributed by atoms with Crippen LogP contribution in [0.4, 0.5) is 39.5 Å². The van der Waals surface area contributed by atoms with Gasteiger partial charge in [0.2, 0.25) is 5.91 Å². The van der Waals surface area contributed by atoms with E-state index in [1.54, 1.807) is 5.32 Å². The second-order valence-electron chi connectivity index (χ2n) is 9.26. The Balaban J connectivity index is 2.42. The molecule has 15 heteroatoms. The molecule has 0 aliphatic heterocycles. The summed E-state index contributed by atoms with van der Waals surface area (Å²) < 4.78 is 120. The highest BCUT2D eigenvalue weighted by Crippen LogP contribution is 2.41. The first kappa shape index (κ1) is 33.8. The van der Waals surface area contributed by atoms with E-state index in [2.05, 4.69) is 0 Å². The number of benzene rings is 2. The molecule has 0 fully saturated rings. The number of carbonyl (C=O) groups is 2. The monoisotopic (exact) mass is 641 g/mol. The summed E-state index contributed by atoms with van der Waals surface area (Å²) in [5.74, 6) is -4.77. The van der Waals surface area contributed by atoms with Crippen LogP contribution in [0.5, 0.6) is 0 Å². The fourth-order valence-corrected chi connectivity index (χ4v) is 4.12. The van der Waals surface area contributed by atoms with Gasteiger partial charge in [-0.3, -0.25) is 9.59 Å². The van der Waals surface area contributed by atoms with Gasteiger partial charge >= 0.3 is 18.5 Å². The largest absolute Gasteiger partial charge is 0.417 e. The molecule has 0 heterocycles. The molecule has 220 valence electrons. The van der Waals surface area contributed by atoms with Crippen LogP contribution in [-0.2, 0) is 11.0 Å². The molecular weight excluding hydrogens is 624 g/mol. The topological polar surface area (TPSA) is 46.2 Å². The average Bonchev–Trinajstić information content (AvgIpc) is 2.78. The maximum Gasteiger partial charge on any atom is 0.417 e. The molecule has 3 nitrogen and oxygen atoms in total. The molecule has 2 rings (SSSR count). The maximum atomic E-state index is 13.8. The van der Waals surface area contributed by atoms with E-state index in [0.29, 0.717) is 18.2 Å².